The molecule has 1 aromatic rings. The average Bonchev–Trinajstić information content (AvgIpc) is 2.90. The third-order valence-electron chi connectivity index (χ3n) is 3.67. The van der Waals surface area contributed by atoms with E-state index in [1.807, 2.05) is 0 Å². The van der Waals surface area contributed by atoms with Gasteiger partial charge in [0.1, 0.15) is 10.6 Å². The van der Waals surface area contributed by atoms with Crippen LogP contribution in [0, 0.1) is 0 Å². The summed E-state index contributed by atoms with van der Waals surface area (Å²) < 4.78 is 6.02. The van der Waals surface area contributed by atoms with Crippen molar-refractivity contribution in [2.45, 2.75) is 71.9 Å². The van der Waals surface area contributed by atoms with Gasteiger partial charge in [-0.15, -0.1) is 11.3 Å². The van der Waals surface area contributed by atoms with Gasteiger partial charge < -0.3 is 10.1 Å². The maximum absolute atomic E-state index is 6.02. The molecule has 0 amide bonds. The van der Waals surface area contributed by atoms with Crippen molar-refractivity contribution in [1.29, 1.82) is 0 Å². The van der Waals surface area contributed by atoms with E-state index in [2.05, 4.69) is 45.3 Å². The van der Waals surface area contributed by atoms with Crippen molar-refractivity contribution in [1.82, 2.24) is 10.3 Å². The van der Waals surface area contributed by atoms with Crippen LogP contribution in [0.1, 0.15) is 64.6 Å². The molecule has 3 nitrogen and oxygen atoms in total. The lowest BCUT2D eigenvalue weighted by Gasteiger charge is -2.29. The maximum Gasteiger partial charge on any atom is 0.125 e. The van der Waals surface area contributed by atoms with Gasteiger partial charge in [0.2, 0.25) is 0 Å². The van der Waals surface area contributed by atoms with E-state index in [9.17, 15) is 0 Å². The summed E-state index contributed by atoms with van der Waals surface area (Å²) >= 11 is 1.75. The molecule has 1 N–H and O–H groups in total. The lowest BCUT2D eigenvalue weighted by molar-refractivity contribution is -0.0507. The normalized spacial score (nSPS) is 12.3. The van der Waals surface area contributed by atoms with Crippen molar-refractivity contribution >= 4 is 11.3 Å². The summed E-state index contributed by atoms with van der Waals surface area (Å²) in [6.07, 6.45) is 4.16. The summed E-state index contributed by atoms with van der Waals surface area (Å²) in [5.74, 6) is 0. The van der Waals surface area contributed by atoms with Crippen LogP contribution in [0.5, 0.6) is 0 Å². The number of hydrogen-bond acceptors (Lipinski definition) is 4. The highest BCUT2D eigenvalue weighted by Crippen LogP contribution is 2.35. The third-order valence-corrected chi connectivity index (χ3v) is 4.74. The summed E-state index contributed by atoms with van der Waals surface area (Å²) in [5.41, 5.74) is 1.04. The molecule has 116 valence electrons. The molecule has 1 rings (SSSR count). The number of ether oxygens (including phenoxy) is 1. The van der Waals surface area contributed by atoms with Crippen molar-refractivity contribution in [2.75, 3.05) is 13.2 Å². The SMILES string of the molecule is CCOC(CC)(CC)c1nc(CCCNC(C)C)cs1. The lowest BCUT2D eigenvalue weighted by Crippen LogP contribution is -2.28. The molecular formula is C16H30N2OS. The van der Waals surface area contributed by atoms with Gasteiger partial charge in [-0.2, -0.15) is 0 Å². The molecule has 0 fully saturated rings. The Morgan fingerprint density at radius 3 is 2.55 bits per heavy atom. The summed E-state index contributed by atoms with van der Waals surface area (Å²) in [4.78, 5) is 4.83. The molecule has 0 saturated heterocycles. The van der Waals surface area contributed by atoms with Gasteiger partial charge in [-0.3, -0.25) is 0 Å². The first-order valence-corrected chi connectivity index (χ1v) is 8.78. The van der Waals surface area contributed by atoms with Crippen LogP contribution in [0.25, 0.3) is 0 Å². The van der Waals surface area contributed by atoms with E-state index in [0.717, 1.165) is 43.8 Å². The smallest absolute Gasteiger partial charge is 0.125 e. The van der Waals surface area contributed by atoms with Crippen molar-refractivity contribution < 1.29 is 4.74 Å². The molecule has 0 aliphatic rings. The third kappa shape index (κ3) is 4.83. The number of rotatable bonds is 10. The van der Waals surface area contributed by atoms with Gasteiger partial charge in [-0.05, 0) is 39.2 Å². The van der Waals surface area contributed by atoms with Crippen LogP contribution in [0.15, 0.2) is 5.38 Å². The van der Waals surface area contributed by atoms with Gasteiger partial charge >= 0.3 is 0 Å². The number of nitrogens with zero attached hydrogens (tertiary/aromatic N) is 1. The monoisotopic (exact) mass is 298 g/mol. The Kier molecular flexibility index (Phi) is 7.70. The van der Waals surface area contributed by atoms with Crippen LogP contribution in [-0.2, 0) is 16.8 Å². The number of nitrogens with one attached hydrogen (secondary N) is 1. The van der Waals surface area contributed by atoms with E-state index >= 15 is 0 Å². The molecule has 0 bridgehead atoms. The Bertz CT molecular complexity index is 372. The van der Waals surface area contributed by atoms with E-state index in [4.69, 9.17) is 9.72 Å². The van der Waals surface area contributed by atoms with Crippen molar-refractivity contribution in [3.8, 4) is 0 Å². The van der Waals surface area contributed by atoms with Crippen molar-refractivity contribution in [3.05, 3.63) is 16.1 Å². The summed E-state index contributed by atoms with van der Waals surface area (Å²) in [5, 5.41) is 6.79. The molecule has 0 unspecified atom stereocenters. The van der Waals surface area contributed by atoms with E-state index in [1.54, 1.807) is 11.3 Å². The molecule has 1 aromatic heterocycles. The molecule has 1 heterocycles. The number of aromatic nitrogens is 1. The minimum Gasteiger partial charge on any atom is -0.368 e. The fraction of sp³-hybridized carbons (Fsp3) is 0.812. The second kappa shape index (κ2) is 8.75. The van der Waals surface area contributed by atoms with Gasteiger partial charge in [-0.25, -0.2) is 4.98 Å². The van der Waals surface area contributed by atoms with Crippen molar-refractivity contribution in [2.24, 2.45) is 0 Å². The predicted molar refractivity (Wildman–Crippen MR) is 87.5 cm³/mol. The van der Waals surface area contributed by atoms with Gasteiger partial charge in [0.15, 0.2) is 0 Å². The fourth-order valence-electron chi connectivity index (χ4n) is 2.39. The lowest BCUT2D eigenvalue weighted by atomic mass is 9.98. The topological polar surface area (TPSA) is 34.1 Å². The zero-order valence-corrected chi connectivity index (χ0v) is 14.5. The number of aryl methyl sites for hydroxylation is 1. The summed E-state index contributed by atoms with van der Waals surface area (Å²) in [7, 11) is 0. The van der Waals surface area contributed by atoms with Crippen LogP contribution in [0.2, 0.25) is 0 Å². The molecule has 0 aliphatic carbocycles. The molecule has 4 heteroatoms. The largest absolute Gasteiger partial charge is 0.368 e. The zero-order chi connectivity index (χ0) is 15.0. The van der Waals surface area contributed by atoms with Gasteiger partial charge in [-0.1, -0.05) is 27.7 Å². The van der Waals surface area contributed by atoms with Crippen molar-refractivity contribution in [3.63, 3.8) is 0 Å². The Morgan fingerprint density at radius 2 is 2.00 bits per heavy atom. The van der Waals surface area contributed by atoms with Gasteiger partial charge in [0.05, 0.1) is 5.69 Å². The zero-order valence-electron chi connectivity index (χ0n) is 13.7. The highest BCUT2D eigenvalue weighted by Gasteiger charge is 2.32. The molecular weight excluding hydrogens is 268 g/mol. The minimum absolute atomic E-state index is 0.173. The Hall–Kier alpha value is -0.450. The standard InChI is InChI=1S/C16H30N2OS/c1-6-16(7-2,19-8-3)15-18-14(12-20-15)10-9-11-17-13(4)5/h12-13,17H,6-11H2,1-5H3. The van der Waals surface area contributed by atoms with Crippen LogP contribution < -0.4 is 5.32 Å². The molecule has 0 spiro atoms. The quantitative estimate of drug-likeness (QED) is 0.660. The van der Waals surface area contributed by atoms with E-state index in [1.165, 1.54) is 5.69 Å². The summed E-state index contributed by atoms with van der Waals surface area (Å²) in [6.45, 7) is 12.6. The van der Waals surface area contributed by atoms with E-state index in [0.29, 0.717) is 6.04 Å². The predicted octanol–water partition coefficient (Wildman–Crippen LogP) is 4.13. The van der Waals surface area contributed by atoms with Crippen LogP contribution >= 0.6 is 11.3 Å². The first kappa shape index (κ1) is 17.6. The first-order valence-electron chi connectivity index (χ1n) is 7.90. The van der Waals surface area contributed by atoms with E-state index < -0.39 is 0 Å². The number of thiazole rings is 1. The van der Waals surface area contributed by atoms with E-state index in [-0.39, 0.29) is 5.60 Å². The second-order valence-corrected chi connectivity index (χ2v) is 6.35. The van der Waals surface area contributed by atoms with Crippen LogP contribution in [0.4, 0.5) is 0 Å². The highest BCUT2D eigenvalue weighted by molar-refractivity contribution is 7.09. The van der Waals surface area contributed by atoms with Gasteiger partial charge in [0.25, 0.3) is 0 Å². The van der Waals surface area contributed by atoms with Gasteiger partial charge in [0, 0.05) is 18.0 Å². The molecule has 0 saturated carbocycles. The molecule has 0 aliphatic heterocycles. The first-order chi connectivity index (χ1) is 9.57. The molecule has 0 radical (unpaired) electrons. The summed E-state index contributed by atoms with van der Waals surface area (Å²) in [6, 6.07) is 0.562. The number of hydrogen-bond donors (Lipinski definition) is 1. The molecule has 0 aromatic carbocycles. The minimum atomic E-state index is -0.173. The highest BCUT2D eigenvalue weighted by atomic mass is 32.1. The average molecular weight is 298 g/mol. The van der Waals surface area contributed by atoms with Crippen LogP contribution in [0.3, 0.4) is 0 Å². The molecule has 20 heavy (non-hydrogen) atoms. The molecule has 0 atom stereocenters. The van der Waals surface area contributed by atoms with Crippen LogP contribution in [-0.4, -0.2) is 24.2 Å². The second-order valence-electron chi connectivity index (χ2n) is 5.49. The maximum atomic E-state index is 6.02. The Morgan fingerprint density at radius 1 is 1.30 bits per heavy atom. The Balaban J connectivity index is 2.60. The Labute approximate surface area is 128 Å². The fourth-order valence-corrected chi connectivity index (χ4v) is 3.54.